The summed E-state index contributed by atoms with van der Waals surface area (Å²) in [6.45, 7) is 14.5. The molecule has 0 amide bonds. The van der Waals surface area contributed by atoms with Crippen molar-refractivity contribution in [3.05, 3.63) is 89.4 Å². The first-order valence-electron chi connectivity index (χ1n) is 15.5. The van der Waals surface area contributed by atoms with Crippen LogP contribution in [-0.4, -0.2) is 9.97 Å². The van der Waals surface area contributed by atoms with Gasteiger partial charge in [-0.15, -0.1) is 45.3 Å². The second kappa shape index (κ2) is 11.3. The Bertz CT molecular complexity index is 1990. The number of hydrogen-bond acceptors (Lipinski definition) is 8. The summed E-state index contributed by atoms with van der Waals surface area (Å²) in [6, 6.07) is 12.1. The van der Waals surface area contributed by atoms with Gasteiger partial charge in [0, 0.05) is 20.6 Å². The van der Waals surface area contributed by atoms with E-state index in [9.17, 15) is 10.5 Å². The van der Waals surface area contributed by atoms with Crippen molar-refractivity contribution in [3.8, 4) is 31.9 Å². The Morgan fingerprint density at radius 2 is 1.07 bits per heavy atom. The van der Waals surface area contributed by atoms with Crippen molar-refractivity contribution in [1.29, 1.82) is 10.5 Å². The highest BCUT2D eigenvalue weighted by atomic mass is 32.1. The Labute approximate surface area is 284 Å². The number of rotatable bonds is 4. The Balaban J connectivity index is 1.28. The fourth-order valence-electron chi connectivity index (χ4n) is 8.04. The molecule has 224 valence electrons. The molecule has 0 aliphatic heterocycles. The summed E-state index contributed by atoms with van der Waals surface area (Å²) in [6.07, 6.45) is 15.1. The molecular formula is C36H26N6S4. The van der Waals surface area contributed by atoms with E-state index >= 15 is 0 Å². The van der Waals surface area contributed by atoms with Gasteiger partial charge in [-0.05, 0) is 73.2 Å². The predicted molar refractivity (Wildman–Crippen MR) is 188 cm³/mol. The fraction of sp³-hybridized carbons (Fsp3) is 0.333. The normalized spacial score (nSPS) is 19.3. The van der Waals surface area contributed by atoms with Crippen LogP contribution in [0.15, 0.2) is 35.7 Å². The van der Waals surface area contributed by atoms with E-state index in [0.29, 0.717) is 0 Å². The topological polar surface area (TPSA) is 82.1 Å². The number of fused-ring (bicyclic) bond motifs is 8. The largest absolute Gasteiger partial charge is 0.263 e. The summed E-state index contributed by atoms with van der Waals surface area (Å²) in [7, 11) is 0. The summed E-state index contributed by atoms with van der Waals surface area (Å²) in [5, 5.41) is 20.6. The quantitative estimate of drug-likeness (QED) is 0.160. The van der Waals surface area contributed by atoms with Gasteiger partial charge in [-0.1, -0.05) is 38.5 Å². The third-order valence-electron chi connectivity index (χ3n) is 9.94. The van der Waals surface area contributed by atoms with Crippen molar-refractivity contribution in [1.82, 2.24) is 9.97 Å². The van der Waals surface area contributed by atoms with Crippen molar-refractivity contribution in [3.63, 3.8) is 0 Å². The predicted octanol–water partition coefficient (Wildman–Crippen LogP) is 11.0. The number of thiophene rings is 2. The summed E-state index contributed by atoms with van der Waals surface area (Å²) < 4.78 is 0. The number of nitrogens with zero attached hydrogens (tertiary/aromatic N) is 6. The molecular weight excluding hydrogens is 645 g/mol. The van der Waals surface area contributed by atoms with E-state index < -0.39 is 0 Å². The lowest BCUT2D eigenvalue weighted by atomic mass is 9.68. The maximum Gasteiger partial charge on any atom is 0.263 e. The van der Waals surface area contributed by atoms with Crippen LogP contribution in [0.5, 0.6) is 0 Å². The number of thiazole rings is 2. The molecule has 0 bridgehead atoms. The minimum Gasteiger partial charge on any atom is -0.239 e. The highest BCUT2D eigenvalue weighted by Crippen LogP contribution is 2.71. The molecule has 0 aromatic carbocycles. The number of hydrogen-bond donors (Lipinski definition) is 0. The van der Waals surface area contributed by atoms with Crippen LogP contribution in [0.2, 0.25) is 0 Å². The van der Waals surface area contributed by atoms with Crippen LogP contribution in [0.25, 0.3) is 52.8 Å². The Kier molecular flexibility index (Phi) is 7.17. The number of nitriles is 2. The summed E-state index contributed by atoms with van der Waals surface area (Å²) in [5.41, 5.74) is 5.62. The van der Waals surface area contributed by atoms with Gasteiger partial charge in [0.2, 0.25) is 0 Å². The molecule has 4 heterocycles. The van der Waals surface area contributed by atoms with Crippen molar-refractivity contribution >= 4 is 68.6 Å². The van der Waals surface area contributed by atoms with Crippen molar-refractivity contribution in [2.45, 2.75) is 75.0 Å². The standard InChI is InChI=1S/C36H26N6S4/c1-39-21(19-37)17-23-9-11-25(43-23)33-41-31-29(45-33)27-28(35(31)13-5-3-6-14-35)30-32(36(27)15-7-4-8-16-36)42-34(46-30)26-12-10-24(44-26)18-22(20-38)40-2/h9-12,17-18H,3-8,13-16H2/b21-17-,22-18+. The maximum absolute atomic E-state index is 9.26. The van der Waals surface area contributed by atoms with Gasteiger partial charge < -0.3 is 0 Å². The zero-order chi connectivity index (χ0) is 31.5. The molecule has 4 aliphatic rings. The molecule has 10 heteroatoms. The second-order valence-electron chi connectivity index (χ2n) is 12.3. The monoisotopic (exact) mass is 670 g/mol. The van der Waals surface area contributed by atoms with Gasteiger partial charge in [-0.25, -0.2) is 30.2 Å². The molecule has 0 unspecified atom stereocenters. The molecule has 0 radical (unpaired) electrons. The van der Waals surface area contributed by atoms with Crippen molar-refractivity contribution in [2.24, 2.45) is 0 Å². The lowest BCUT2D eigenvalue weighted by Crippen LogP contribution is -2.29. The smallest absolute Gasteiger partial charge is 0.239 e. The van der Waals surface area contributed by atoms with Gasteiger partial charge >= 0.3 is 0 Å². The van der Waals surface area contributed by atoms with Crippen LogP contribution >= 0.6 is 45.3 Å². The van der Waals surface area contributed by atoms with Crippen LogP contribution in [0.3, 0.4) is 0 Å². The van der Waals surface area contributed by atoms with E-state index in [-0.39, 0.29) is 22.2 Å². The van der Waals surface area contributed by atoms with E-state index in [2.05, 4.69) is 21.8 Å². The average Bonchev–Trinajstić information content (AvgIpc) is 3.93. The molecule has 2 saturated carbocycles. The molecule has 0 saturated heterocycles. The first-order chi connectivity index (χ1) is 22.5. The molecule has 2 spiro atoms. The van der Waals surface area contributed by atoms with E-state index in [1.807, 2.05) is 46.9 Å². The first kappa shape index (κ1) is 29.3. The third kappa shape index (κ3) is 4.33. The SMILES string of the molecule is [C-]#[N+]/C(C#N)=C\c1ccc(-c2nc3c(s2)C2=C(c4sc(-c5ccc(/C=C(\C#N)[N+]#[C-])s5)nc4C24CCCCC4)C32CCCCC2)s1. The Hall–Kier alpha value is -4.16. The van der Waals surface area contributed by atoms with Gasteiger partial charge in [-0.2, -0.15) is 0 Å². The van der Waals surface area contributed by atoms with Crippen molar-refractivity contribution in [2.75, 3.05) is 0 Å². The number of aromatic nitrogens is 2. The van der Waals surface area contributed by atoms with Gasteiger partial charge in [0.1, 0.15) is 10.0 Å². The molecule has 0 atom stereocenters. The molecule has 46 heavy (non-hydrogen) atoms. The number of allylic oxidation sites excluding steroid dienone is 4. The molecule has 4 aliphatic carbocycles. The van der Waals surface area contributed by atoms with Crippen LogP contribution in [0.1, 0.15) is 95.1 Å². The minimum atomic E-state index is -0.0874. The zero-order valence-corrected chi connectivity index (χ0v) is 28.1. The molecule has 6 nitrogen and oxygen atoms in total. The van der Waals surface area contributed by atoms with Crippen LogP contribution in [-0.2, 0) is 10.8 Å². The second-order valence-corrected chi connectivity index (χ2v) is 16.6. The molecule has 0 N–H and O–H groups in total. The first-order valence-corrected chi connectivity index (χ1v) is 18.8. The molecule has 4 aromatic heterocycles. The maximum atomic E-state index is 9.26. The van der Waals surface area contributed by atoms with Crippen LogP contribution in [0, 0.1) is 35.8 Å². The van der Waals surface area contributed by atoms with Gasteiger partial charge in [0.05, 0.1) is 56.2 Å². The van der Waals surface area contributed by atoms with Crippen LogP contribution < -0.4 is 0 Å². The lowest BCUT2D eigenvalue weighted by molar-refractivity contribution is 0.366. The molecule has 4 aromatic rings. The third-order valence-corrected chi connectivity index (χ3v) is 14.5. The van der Waals surface area contributed by atoms with Gasteiger partial charge in [0.25, 0.3) is 11.4 Å². The van der Waals surface area contributed by atoms with Gasteiger partial charge in [-0.3, -0.25) is 0 Å². The summed E-state index contributed by atoms with van der Waals surface area (Å²) in [4.78, 5) is 24.4. The minimum absolute atomic E-state index is 0.0874. The van der Waals surface area contributed by atoms with E-state index in [0.717, 1.165) is 55.2 Å². The average molecular weight is 671 g/mol. The van der Waals surface area contributed by atoms with E-state index in [4.69, 9.17) is 23.1 Å². The van der Waals surface area contributed by atoms with Crippen molar-refractivity contribution < 1.29 is 0 Å². The lowest BCUT2D eigenvalue weighted by Gasteiger charge is -2.35. The Morgan fingerprint density at radius 1 is 0.652 bits per heavy atom. The summed E-state index contributed by atoms with van der Waals surface area (Å²) >= 11 is 6.87. The molecule has 8 rings (SSSR count). The summed E-state index contributed by atoms with van der Waals surface area (Å²) in [5.74, 6) is 0. The van der Waals surface area contributed by atoms with Gasteiger partial charge in [0.15, 0.2) is 0 Å². The van der Waals surface area contributed by atoms with E-state index in [1.165, 1.54) is 70.8 Å². The highest BCUT2D eigenvalue weighted by Gasteiger charge is 2.60. The molecule has 2 fully saturated rings. The van der Waals surface area contributed by atoms with Crippen LogP contribution in [0.4, 0.5) is 0 Å². The highest BCUT2D eigenvalue weighted by molar-refractivity contribution is 7.24. The Morgan fingerprint density at radius 3 is 1.43 bits per heavy atom. The fourth-order valence-corrected chi connectivity index (χ4v) is 12.7. The van der Waals surface area contributed by atoms with E-state index in [1.54, 1.807) is 34.8 Å². The zero-order valence-electron chi connectivity index (χ0n) is 24.9.